The monoisotopic (exact) mass is 445 g/mol. The third-order valence-electron chi connectivity index (χ3n) is 6.41. The van der Waals surface area contributed by atoms with Gasteiger partial charge in [0.15, 0.2) is 0 Å². The molecule has 0 fully saturated rings. The fourth-order valence-electron chi connectivity index (χ4n) is 5.23. The number of aromatic amines is 1. The molecule has 0 saturated carbocycles. The molecule has 0 spiro atoms. The Morgan fingerprint density at radius 1 is 0.467 bits per heavy atom. The summed E-state index contributed by atoms with van der Waals surface area (Å²) in [6.45, 7) is 0. The standard InChI is InChI=1S/C28H16BrN/c29-16-13-14-24-23(15-16)26-22-12-6-5-11-21(22)25-19-9-3-1-7-17(19)18-8-2-4-10-20(18)27(25)28(26)30-24/h1-15,30H. The summed E-state index contributed by atoms with van der Waals surface area (Å²) in [5.74, 6) is 0. The number of fused-ring (bicyclic) bond motifs is 13. The molecular formula is C28H16BrN. The quantitative estimate of drug-likeness (QED) is 0.224. The number of H-pyrrole nitrogens is 1. The van der Waals surface area contributed by atoms with Crippen LogP contribution >= 0.6 is 15.9 Å². The van der Waals surface area contributed by atoms with Crippen molar-refractivity contribution in [1.82, 2.24) is 4.98 Å². The van der Waals surface area contributed by atoms with E-state index in [0.717, 1.165) is 4.47 Å². The molecule has 6 aromatic carbocycles. The predicted octanol–water partition coefficient (Wildman–Crippen LogP) is 8.70. The van der Waals surface area contributed by atoms with Crippen LogP contribution in [0.15, 0.2) is 95.5 Å². The van der Waals surface area contributed by atoms with Crippen LogP contribution in [0.5, 0.6) is 0 Å². The van der Waals surface area contributed by atoms with Crippen LogP contribution < -0.4 is 0 Å². The van der Waals surface area contributed by atoms with Crippen molar-refractivity contribution in [2.75, 3.05) is 0 Å². The second-order valence-electron chi connectivity index (χ2n) is 7.95. The molecule has 1 nitrogen and oxygen atoms in total. The number of rotatable bonds is 0. The highest BCUT2D eigenvalue weighted by molar-refractivity contribution is 9.10. The number of hydrogen-bond acceptors (Lipinski definition) is 0. The summed E-state index contributed by atoms with van der Waals surface area (Å²) in [6.07, 6.45) is 0. The molecule has 0 unspecified atom stereocenters. The van der Waals surface area contributed by atoms with Crippen LogP contribution in [-0.2, 0) is 0 Å². The second kappa shape index (κ2) is 5.84. The summed E-state index contributed by atoms with van der Waals surface area (Å²) < 4.78 is 1.10. The van der Waals surface area contributed by atoms with Crippen LogP contribution in [0.3, 0.4) is 0 Å². The maximum atomic E-state index is 3.78. The highest BCUT2D eigenvalue weighted by Gasteiger charge is 2.18. The summed E-state index contributed by atoms with van der Waals surface area (Å²) >= 11 is 3.68. The van der Waals surface area contributed by atoms with Gasteiger partial charge in [0, 0.05) is 31.5 Å². The first-order chi connectivity index (χ1) is 14.8. The zero-order valence-corrected chi connectivity index (χ0v) is 17.6. The zero-order chi connectivity index (χ0) is 19.8. The van der Waals surface area contributed by atoms with Crippen molar-refractivity contribution in [3.8, 4) is 0 Å². The minimum absolute atomic E-state index is 1.10. The number of aromatic nitrogens is 1. The molecular weight excluding hydrogens is 430 g/mol. The van der Waals surface area contributed by atoms with Crippen LogP contribution in [0.2, 0.25) is 0 Å². The molecule has 30 heavy (non-hydrogen) atoms. The first kappa shape index (κ1) is 16.4. The smallest absolute Gasteiger partial charge is 0.0557 e. The van der Waals surface area contributed by atoms with E-state index in [2.05, 4.69) is 112 Å². The van der Waals surface area contributed by atoms with Crippen LogP contribution in [0.4, 0.5) is 0 Å². The molecule has 1 heterocycles. The average molecular weight is 446 g/mol. The van der Waals surface area contributed by atoms with Crippen LogP contribution in [0.1, 0.15) is 0 Å². The maximum absolute atomic E-state index is 3.78. The van der Waals surface area contributed by atoms with Crippen LogP contribution in [0, 0.1) is 0 Å². The van der Waals surface area contributed by atoms with Crippen LogP contribution in [-0.4, -0.2) is 4.98 Å². The normalized spacial score (nSPS) is 12.2. The largest absolute Gasteiger partial charge is 0.354 e. The Hall–Kier alpha value is -3.36. The molecule has 0 radical (unpaired) electrons. The van der Waals surface area contributed by atoms with E-state index in [0.29, 0.717) is 0 Å². The lowest BCUT2D eigenvalue weighted by atomic mass is 9.89. The molecule has 0 bridgehead atoms. The molecule has 0 aliphatic rings. The van der Waals surface area contributed by atoms with Crippen molar-refractivity contribution < 1.29 is 0 Å². The molecule has 2 heteroatoms. The molecule has 0 atom stereocenters. The van der Waals surface area contributed by atoms with E-state index in [1.165, 1.54) is 64.9 Å². The van der Waals surface area contributed by atoms with Gasteiger partial charge in [-0.1, -0.05) is 88.7 Å². The van der Waals surface area contributed by atoms with Gasteiger partial charge < -0.3 is 4.98 Å². The van der Waals surface area contributed by atoms with Crippen molar-refractivity contribution >= 4 is 80.8 Å². The average Bonchev–Trinajstić information content (AvgIpc) is 3.17. The Bertz CT molecular complexity index is 1810. The summed E-state index contributed by atoms with van der Waals surface area (Å²) in [5, 5.41) is 13.0. The number of benzene rings is 6. The Labute approximate surface area is 181 Å². The summed E-state index contributed by atoms with van der Waals surface area (Å²) in [6, 6.07) is 32.9. The van der Waals surface area contributed by atoms with Gasteiger partial charge in [0.1, 0.15) is 0 Å². The van der Waals surface area contributed by atoms with Gasteiger partial charge >= 0.3 is 0 Å². The van der Waals surface area contributed by atoms with E-state index in [-0.39, 0.29) is 0 Å². The molecule has 0 aliphatic heterocycles. The third-order valence-corrected chi connectivity index (χ3v) is 6.90. The van der Waals surface area contributed by atoms with E-state index < -0.39 is 0 Å². The van der Waals surface area contributed by atoms with Gasteiger partial charge in [-0.3, -0.25) is 0 Å². The molecule has 0 saturated heterocycles. The third kappa shape index (κ3) is 2.02. The molecule has 0 aliphatic carbocycles. The lowest BCUT2D eigenvalue weighted by Crippen LogP contribution is -1.87. The molecule has 1 aromatic heterocycles. The van der Waals surface area contributed by atoms with E-state index in [1.54, 1.807) is 0 Å². The number of hydrogen-bond donors (Lipinski definition) is 1. The molecule has 140 valence electrons. The van der Waals surface area contributed by atoms with Crippen molar-refractivity contribution in [3.05, 3.63) is 95.5 Å². The second-order valence-corrected chi connectivity index (χ2v) is 8.87. The highest BCUT2D eigenvalue weighted by Crippen LogP contribution is 2.45. The lowest BCUT2D eigenvalue weighted by Gasteiger charge is -2.14. The van der Waals surface area contributed by atoms with Crippen molar-refractivity contribution in [2.24, 2.45) is 0 Å². The van der Waals surface area contributed by atoms with Crippen molar-refractivity contribution in [3.63, 3.8) is 0 Å². The highest BCUT2D eigenvalue weighted by atomic mass is 79.9. The van der Waals surface area contributed by atoms with Gasteiger partial charge in [-0.05, 0) is 50.5 Å². The van der Waals surface area contributed by atoms with Gasteiger partial charge in [0.2, 0.25) is 0 Å². The fourth-order valence-corrected chi connectivity index (χ4v) is 5.59. The predicted molar refractivity (Wildman–Crippen MR) is 134 cm³/mol. The van der Waals surface area contributed by atoms with E-state index in [9.17, 15) is 0 Å². The SMILES string of the molecule is Brc1ccc2[nH]c3c(c2c1)c1ccccc1c1c2ccccc2c2ccccc2c31. The summed E-state index contributed by atoms with van der Waals surface area (Å²) in [7, 11) is 0. The molecule has 0 amide bonds. The van der Waals surface area contributed by atoms with E-state index in [4.69, 9.17) is 0 Å². The Morgan fingerprint density at radius 2 is 0.967 bits per heavy atom. The number of halogens is 1. The number of nitrogens with one attached hydrogen (secondary N) is 1. The van der Waals surface area contributed by atoms with Gasteiger partial charge in [-0.2, -0.15) is 0 Å². The van der Waals surface area contributed by atoms with Gasteiger partial charge in [0.25, 0.3) is 0 Å². The fraction of sp³-hybridized carbons (Fsp3) is 0. The van der Waals surface area contributed by atoms with Crippen molar-refractivity contribution in [2.45, 2.75) is 0 Å². The van der Waals surface area contributed by atoms with Gasteiger partial charge in [-0.15, -0.1) is 0 Å². The van der Waals surface area contributed by atoms with E-state index in [1.807, 2.05) is 0 Å². The van der Waals surface area contributed by atoms with Crippen molar-refractivity contribution in [1.29, 1.82) is 0 Å². The van der Waals surface area contributed by atoms with E-state index >= 15 is 0 Å². The first-order valence-corrected chi connectivity index (χ1v) is 11.0. The Balaban J connectivity index is 1.96. The lowest BCUT2D eigenvalue weighted by molar-refractivity contribution is 1.56. The van der Waals surface area contributed by atoms with Gasteiger partial charge in [-0.25, -0.2) is 0 Å². The first-order valence-electron chi connectivity index (χ1n) is 10.2. The topological polar surface area (TPSA) is 15.8 Å². The Kier molecular flexibility index (Phi) is 3.20. The molecule has 7 rings (SSSR count). The minimum Gasteiger partial charge on any atom is -0.354 e. The molecule has 7 aromatic rings. The van der Waals surface area contributed by atoms with Crippen LogP contribution in [0.25, 0.3) is 64.9 Å². The minimum atomic E-state index is 1.10. The summed E-state index contributed by atoms with van der Waals surface area (Å²) in [5.41, 5.74) is 2.39. The molecule has 1 N–H and O–H groups in total. The maximum Gasteiger partial charge on any atom is 0.0557 e. The van der Waals surface area contributed by atoms with Gasteiger partial charge in [0.05, 0.1) is 5.52 Å². The Morgan fingerprint density at radius 3 is 1.60 bits per heavy atom. The summed E-state index contributed by atoms with van der Waals surface area (Å²) in [4.78, 5) is 3.78. The zero-order valence-electron chi connectivity index (χ0n) is 16.0.